The van der Waals surface area contributed by atoms with Crippen LogP contribution in [0.25, 0.3) is 5.69 Å². The van der Waals surface area contributed by atoms with E-state index < -0.39 is 0 Å². The largest absolute Gasteiger partial charge is 0.454 e. The van der Waals surface area contributed by atoms with Crippen molar-refractivity contribution in [3.8, 4) is 17.2 Å². The van der Waals surface area contributed by atoms with E-state index in [1.807, 2.05) is 24.8 Å². The maximum Gasteiger partial charge on any atom is 0.231 e. The summed E-state index contributed by atoms with van der Waals surface area (Å²) in [5.41, 5.74) is 5.02. The average Bonchev–Trinajstić information content (AvgIpc) is 3.35. The second-order valence-electron chi connectivity index (χ2n) is 6.70. The Morgan fingerprint density at radius 3 is 2.88 bits per heavy atom. The molecule has 0 saturated heterocycles. The van der Waals surface area contributed by atoms with Crippen molar-refractivity contribution in [2.24, 2.45) is 0 Å². The lowest BCUT2D eigenvalue weighted by Crippen LogP contribution is -2.82. The molecule has 6 heteroatoms. The molecule has 136 valence electrons. The van der Waals surface area contributed by atoms with Crippen molar-refractivity contribution in [2.75, 3.05) is 13.3 Å². The molecular formula is C20H25N4O2+. The number of aromatic nitrogens is 3. The molecule has 0 unspecified atom stereocenters. The first kappa shape index (κ1) is 16.7. The highest BCUT2D eigenvalue weighted by molar-refractivity contribution is 5.52. The molecule has 0 atom stereocenters. The zero-order valence-electron chi connectivity index (χ0n) is 15.3. The van der Waals surface area contributed by atoms with Crippen molar-refractivity contribution in [1.29, 1.82) is 0 Å². The number of nitrogens with zero attached hydrogens (tertiary/aromatic N) is 3. The molecule has 1 aliphatic heterocycles. The first-order valence-corrected chi connectivity index (χ1v) is 9.07. The van der Waals surface area contributed by atoms with Crippen molar-refractivity contribution < 1.29 is 14.8 Å². The number of hydrogen-bond donors (Lipinski definition) is 1. The standard InChI is InChI=1S/C20H24N4O2/c1-15-10-17(12-21-6-3-8-23-9-7-22-13-23)16(2)24(15)18-4-5-19-20(11-18)26-14-25-19/h4-5,7,9-11,13,21H,3,6,8,12,14H2,1-2H3/p+1. The Kier molecular flexibility index (Phi) is 4.67. The molecule has 0 radical (unpaired) electrons. The summed E-state index contributed by atoms with van der Waals surface area (Å²) in [6.45, 7) is 7.76. The van der Waals surface area contributed by atoms with Gasteiger partial charge >= 0.3 is 0 Å². The second-order valence-corrected chi connectivity index (χ2v) is 6.70. The third kappa shape index (κ3) is 3.32. The van der Waals surface area contributed by atoms with Gasteiger partial charge in [-0.3, -0.25) is 0 Å². The summed E-state index contributed by atoms with van der Waals surface area (Å²) < 4.78 is 15.3. The van der Waals surface area contributed by atoms with Gasteiger partial charge < -0.3 is 23.9 Å². The number of imidazole rings is 1. The predicted octanol–water partition coefficient (Wildman–Crippen LogP) is 2.17. The predicted molar refractivity (Wildman–Crippen MR) is 98.7 cm³/mol. The van der Waals surface area contributed by atoms with E-state index in [2.05, 4.69) is 51.5 Å². The summed E-state index contributed by atoms with van der Waals surface area (Å²) >= 11 is 0. The number of ether oxygens (including phenoxy) is 2. The Labute approximate surface area is 153 Å². The van der Waals surface area contributed by atoms with E-state index in [-0.39, 0.29) is 0 Å². The van der Waals surface area contributed by atoms with Gasteiger partial charge in [-0.05, 0) is 32.0 Å². The second kappa shape index (κ2) is 7.25. The van der Waals surface area contributed by atoms with E-state index in [4.69, 9.17) is 9.47 Å². The molecule has 4 rings (SSSR count). The van der Waals surface area contributed by atoms with Crippen molar-refractivity contribution in [3.05, 3.63) is 59.9 Å². The number of fused-ring (bicyclic) bond motifs is 1. The molecule has 3 aromatic rings. The summed E-state index contributed by atoms with van der Waals surface area (Å²) in [5.74, 6) is 1.64. The molecule has 6 nitrogen and oxygen atoms in total. The van der Waals surface area contributed by atoms with Crippen LogP contribution in [0.3, 0.4) is 0 Å². The molecular weight excluding hydrogens is 328 g/mol. The molecule has 0 aliphatic carbocycles. The van der Waals surface area contributed by atoms with E-state index in [1.54, 1.807) is 0 Å². The fraction of sp³-hybridized carbons (Fsp3) is 0.350. The number of hydrogen-bond acceptors (Lipinski definition) is 3. The van der Waals surface area contributed by atoms with E-state index in [1.165, 1.54) is 17.0 Å². The molecule has 26 heavy (non-hydrogen) atoms. The van der Waals surface area contributed by atoms with Gasteiger partial charge in [-0.2, -0.15) is 0 Å². The highest BCUT2D eigenvalue weighted by atomic mass is 16.7. The third-order valence-corrected chi connectivity index (χ3v) is 4.90. The Bertz CT molecular complexity index is 884. The summed E-state index contributed by atoms with van der Waals surface area (Å²) in [7, 11) is 0. The summed E-state index contributed by atoms with van der Waals surface area (Å²) in [6, 6.07) is 8.41. The molecule has 3 heterocycles. The van der Waals surface area contributed by atoms with E-state index >= 15 is 0 Å². The molecule has 0 saturated carbocycles. The van der Waals surface area contributed by atoms with Gasteiger partial charge in [-0.25, -0.2) is 4.98 Å². The van der Waals surface area contributed by atoms with Gasteiger partial charge in [0.25, 0.3) is 0 Å². The summed E-state index contributed by atoms with van der Waals surface area (Å²) in [4.78, 5) is 4.08. The summed E-state index contributed by atoms with van der Waals surface area (Å²) in [6.07, 6.45) is 6.85. The number of quaternary nitrogens is 1. The Morgan fingerprint density at radius 1 is 1.15 bits per heavy atom. The number of rotatable bonds is 7. The van der Waals surface area contributed by atoms with Crippen LogP contribution in [0.1, 0.15) is 23.4 Å². The molecule has 1 aromatic carbocycles. The molecule has 0 amide bonds. The lowest BCUT2D eigenvalue weighted by Gasteiger charge is -2.11. The van der Waals surface area contributed by atoms with Crippen LogP contribution in [0.2, 0.25) is 0 Å². The smallest absolute Gasteiger partial charge is 0.231 e. The molecule has 0 fully saturated rings. The van der Waals surface area contributed by atoms with E-state index in [0.717, 1.165) is 43.2 Å². The third-order valence-electron chi connectivity index (χ3n) is 4.90. The minimum absolute atomic E-state index is 0.307. The van der Waals surface area contributed by atoms with Crippen LogP contribution >= 0.6 is 0 Å². The normalized spacial score (nSPS) is 12.7. The maximum atomic E-state index is 5.52. The lowest BCUT2D eigenvalue weighted by atomic mass is 10.2. The topological polar surface area (TPSA) is 57.8 Å². The van der Waals surface area contributed by atoms with Crippen LogP contribution in [0.15, 0.2) is 43.0 Å². The van der Waals surface area contributed by atoms with Crippen LogP contribution in [-0.2, 0) is 13.1 Å². The first-order chi connectivity index (χ1) is 12.7. The van der Waals surface area contributed by atoms with Crippen LogP contribution in [0, 0.1) is 13.8 Å². The van der Waals surface area contributed by atoms with Gasteiger partial charge in [0.15, 0.2) is 11.5 Å². The van der Waals surface area contributed by atoms with Gasteiger partial charge in [0, 0.05) is 54.1 Å². The van der Waals surface area contributed by atoms with E-state index in [0.29, 0.717) is 6.79 Å². The van der Waals surface area contributed by atoms with Crippen molar-refractivity contribution in [2.45, 2.75) is 33.4 Å². The average molecular weight is 353 g/mol. The fourth-order valence-corrected chi connectivity index (χ4v) is 3.55. The monoisotopic (exact) mass is 353 g/mol. The molecule has 1 aliphatic rings. The molecule has 2 N–H and O–H groups in total. The highest BCUT2D eigenvalue weighted by Gasteiger charge is 2.17. The van der Waals surface area contributed by atoms with Gasteiger partial charge in [0.2, 0.25) is 6.79 Å². The first-order valence-electron chi connectivity index (χ1n) is 9.07. The zero-order chi connectivity index (χ0) is 17.9. The maximum absolute atomic E-state index is 5.52. The minimum Gasteiger partial charge on any atom is -0.454 e. The lowest BCUT2D eigenvalue weighted by molar-refractivity contribution is -0.671. The van der Waals surface area contributed by atoms with Crippen LogP contribution in [-0.4, -0.2) is 27.5 Å². The van der Waals surface area contributed by atoms with Gasteiger partial charge in [-0.15, -0.1) is 0 Å². The van der Waals surface area contributed by atoms with Crippen LogP contribution in [0.5, 0.6) is 11.5 Å². The summed E-state index contributed by atoms with van der Waals surface area (Å²) in [5, 5.41) is 2.38. The number of aryl methyl sites for hydroxylation is 2. The number of benzene rings is 1. The van der Waals surface area contributed by atoms with Gasteiger partial charge in [-0.1, -0.05) is 0 Å². The SMILES string of the molecule is Cc1cc(C[NH2+]CCCn2ccnc2)c(C)n1-c1ccc2c(c1)OCO2. The van der Waals surface area contributed by atoms with Crippen molar-refractivity contribution >= 4 is 0 Å². The zero-order valence-corrected chi connectivity index (χ0v) is 15.3. The number of nitrogens with two attached hydrogens (primary N) is 1. The Balaban J connectivity index is 1.40. The Hall–Kier alpha value is -2.73. The van der Waals surface area contributed by atoms with Crippen molar-refractivity contribution in [1.82, 2.24) is 14.1 Å². The van der Waals surface area contributed by atoms with Gasteiger partial charge in [0.1, 0.15) is 6.54 Å². The van der Waals surface area contributed by atoms with E-state index in [9.17, 15) is 0 Å². The highest BCUT2D eigenvalue weighted by Crippen LogP contribution is 2.34. The fourth-order valence-electron chi connectivity index (χ4n) is 3.55. The van der Waals surface area contributed by atoms with Gasteiger partial charge in [0.05, 0.1) is 12.9 Å². The van der Waals surface area contributed by atoms with Crippen molar-refractivity contribution in [3.63, 3.8) is 0 Å². The van der Waals surface area contributed by atoms with Crippen LogP contribution < -0.4 is 14.8 Å². The molecule has 0 bridgehead atoms. The molecule has 2 aromatic heterocycles. The quantitative estimate of drug-likeness (QED) is 0.663. The molecule has 0 spiro atoms. The van der Waals surface area contributed by atoms with Crippen LogP contribution in [0.4, 0.5) is 0 Å². The minimum atomic E-state index is 0.307. The Morgan fingerprint density at radius 2 is 2.04 bits per heavy atom.